The quantitative estimate of drug-likeness (QED) is 0.697. The first-order chi connectivity index (χ1) is 12.8. The number of carbonyl (C=O) groups is 3. The molecule has 0 aromatic carbocycles. The number of amides is 1. The molecule has 10 heteroatoms. The van der Waals surface area contributed by atoms with Gasteiger partial charge in [-0.25, -0.2) is 9.59 Å². The van der Waals surface area contributed by atoms with Gasteiger partial charge in [0.2, 0.25) is 0 Å². The van der Waals surface area contributed by atoms with Crippen molar-refractivity contribution in [1.82, 2.24) is 9.78 Å². The number of rotatable bonds is 7. The fourth-order valence-electron chi connectivity index (χ4n) is 2.39. The molecule has 0 saturated heterocycles. The highest BCUT2D eigenvalue weighted by atomic mass is 35.5. The van der Waals surface area contributed by atoms with Gasteiger partial charge in [-0.15, -0.1) is 11.3 Å². The van der Waals surface area contributed by atoms with Crippen molar-refractivity contribution in [2.75, 3.05) is 19.0 Å². The number of aromatic nitrogens is 2. The lowest BCUT2D eigenvalue weighted by Crippen LogP contribution is -2.19. The summed E-state index contributed by atoms with van der Waals surface area (Å²) in [5, 5.41) is 7.05. The Kier molecular flexibility index (Phi) is 6.98. The molecular formula is C17H20ClN3O5S. The largest absolute Gasteiger partial charge is 0.465 e. The molecule has 0 fully saturated rings. The van der Waals surface area contributed by atoms with Crippen molar-refractivity contribution in [1.29, 1.82) is 0 Å². The van der Waals surface area contributed by atoms with Gasteiger partial charge in [-0.2, -0.15) is 5.10 Å². The molecule has 2 aromatic rings. The number of nitrogens with one attached hydrogen (secondary N) is 1. The number of anilines is 1. The summed E-state index contributed by atoms with van der Waals surface area (Å²) in [5.74, 6) is -1.76. The van der Waals surface area contributed by atoms with Crippen molar-refractivity contribution in [3.8, 4) is 0 Å². The number of halogens is 1. The fourth-order valence-corrected chi connectivity index (χ4v) is 3.73. The Morgan fingerprint density at radius 3 is 2.59 bits per heavy atom. The molecule has 146 valence electrons. The van der Waals surface area contributed by atoms with Crippen molar-refractivity contribution < 1.29 is 23.9 Å². The second-order valence-electron chi connectivity index (χ2n) is 5.50. The summed E-state index contributed by atoms with van der Waals surface area (Å²) in [6.45, 7) is 5.95. The zero-order valence-corrected chi connectivity index (χ0v) is 17.0. The predicted octanol–water partition coefficient (Wildman–Crippen LogP) is 3.53. The first-order valence-corrected chi connectivity index (χ1v) is 9.46. The topological polar surface area (TPSA) is 99.5 Å². The van der Waals surface area contributed by atoms with Crippen molar-refractivity contribution in [2.45, 2.75) is 33.7 Å². The van der Waals surface area contributed by atoms with E-state index in [0.717, 1.165) is 11.3 Å². The van der Waals surface area contributed by atoms with Gasteiger partial charge in [0.05, 0.1) is 30.5 Å². The maximum absolute atomic E-state index is 12.7. The lowest BCUT2D eigenvalue weighted by molar-refractivity contribution is 0.0506. The zero-order chi connectivity index (χ0) is 20.1. The monoisotopic (exact) mass is 413 g/mol. The average molecular weight is 414 g/mol. The Hall–Kier alpha value is -2.39. The predicted molar refractivity (Wildman–Crippen MR) is 102 cm³/mol. The minimum absolute atomic E-state index is 0.126. The Balaban J connectivity index is 2.45. The highest BCUT2D eigenvalue weighted by Crippen LogP contribution is 2.35. The van der Waals surface area contributed by atoms with E-state index in [-0.39, 0.29) is 32.8 Å². The van der Waals surface area contributed by atoms with Crippen LogP contribution in [0, 0.1) is 6.92 Å². The Morgan fingerprint density at radius 1 is 1.30 bits per heavy atom. The Morgan fingerprint density at radius 2 is 2.00 bits per heavy atom. The van der Waals surface area contributed by atoms with Crippen LogP contribution < -0.4 is 5.32 Å². The van der Waals surface area contributed by atoms with E-state index in [1.54, 1.807) is 6.92 Å². The SMILES string of the molecule is CCCOC(=O)c1c(NC(=O)c2c(Cl)cnn2CC)sc(C(=O)OC)c1C. The van der Waals surface area contributed by atoms with Gasteiger partial charge in [-0.1, -0.05) is 18.5 Å². The lowest BCUT2D eigenvalue weighted by atomic mass is 10.1. The second kappa shape index (κ2) is 9.01. The third-order valence-corrected chi connectivity index (χ3v) is 5.16. The van der Waals surface area contributed by atoms with E-state index in [0.29, 0.717) is 18.5 Å². The van der Waals surface area contributed by atoms with Crippen molar-refractivity contribution in [2.24, 2.45) is 0 Å². The molecule has 27 heavy (non-hydrogen) atoms. The van der Waals surface area contributed by atoms with Gasteiger partial charge in [0.15, 0.2) is 0 Å². The normalized spacial score (nSPS) is 10.6. The van der Waals surface area contributed by atoms with Crippen molar-refractivity contribution in [3.63, 3.8) is 0 Å². The third-order valence-electron chi connectivity index (χ3n) is 3.70. The first kappa shape index (κ1) is 20.9. The number of ether oxygens (including phenoxy) is 2. The molecule has 0 aliphatic carbocycles. The molecule has 0 bridgehead atoms. The molecule has 0 saturated carbocycles. The van der Waals surface area contributed by atoms with E-state index in [9.17, 15) is 14.4 Å². The minimum atomic E-state index is -0.619. The molecule has 1 N–H and O–H groups in total. The number of thiophene rings is 1. The number of nitrogens with zero attached hydrogens (tertiary/aromatic N) is 2. The molecule has 0 aliphatic rings. The van der Waals surface area contributed by atoms with Crippen LogP contribution in [0.15, 0.2) is 6.20 Å². The molecule has 2 heterocycles. The molecule has 0 spiro atoms. The fraction of sp³-hybridized carbons (Fsp3) is 0.412. The summed E-state index contributed by atoms with van der Waals surface area (Å²) in [6, 6.07) is 0. The van der Waals surface area contributed by atoms with Crippen LogP contribution >= 0.6 is 22.9 Å². The smallest absolute Gasteiger partial charge is 0.348 e. The van der Waals surface area contributed by atoms with Crippen LogP contribution in [-0.2, 0) is 16.0 Å². The van der Waals surface area contributed by atoms with E-state index in [1.165, 1.54) is 18.0 Å². The van der Waals surface area contributed by atoms with Gasteiger partial charge < -0.3 is 14.8 Å². The van der Waals surface area contributed by atoms with Gasteiger partial charge in [0.25, 0.3) is 5.91 Å². The van der Waals surface area contributed by atoms with Crippen LogP contribution in [0.3, 0.4) is 0 Å². The molecule has 0 radical (unpaired) electrons. The highest BCUT2D eigenvalue weighted by Gasteiger charge is 2.28. The summed E-state index contributed by atoms with van der Waals surface area (Å²) in [4.78, 5) is 37.4. The maximum atomic E-state index is 12.7. The third kappa shape index (κ3) is 4.30. The average Bonchev–Trinajstić information content (AvgIpc) is 3.18. The van der Waals surface area contributed by atoms with E-state index >= 15 is 0 Å². The van der Waals surface area contributed by atoms with E-state index in [4.69, 9.17) is 21.1 Å². The van der Waals surface area contributed by atoms with E-state index in [1.807, 2.05) is 13.8 Å². The molecule has 1 amide bonds. The molecule has 2 rings (SSSR count). The molecule has 8 nitrogen and oxygen atoms in total. The van der Waals surface area contributed by atoms with Crippen molar-refractivity contribution in [3.05, 3.63) is 32.9 Å². The summed E-state index contributed by atoms with van der Waals surface area (Å²) in [6.07, 6.45) is 2.02. The molecule has 0 atom stereocenters. The van der Waals surface area contributed by atoms with Gasteiger partial charge in [0.1, 0.15) is 15.6 Å². The summed E-state index contributed by atoms with van der Waals surface area (Å²) >= 11 is 7.00. The number of hydrogen-bond acceptors (Lipinski definition) is 7. The number of methoxy groups -OCH3 is 1. The van der Waals surface area contributed by atoms with Gasteiger partial charge >= 0.3 is 11.9 Å². The zero-order valence-electron chi connectivity index (χ0n) is 15.4. The van der Waals surface area contributed by atoms with E-state index < -0.39 is 17.8 Å². The second-order valence-corrected chi connectivity index (χ2v) is 6.93. The standard InChI is InChI=1S/C17H20ClN3O5S/c1-5-7-26-16(23)11-9(3)13(17(24)25-4)27-15(11)20-14(22)12-10(18)8-19-21(12)6-2/h8H,5-7H2,1-4H3,(H,20,22). The lowest BCUT2D eigenvalue weighted by Gasteiger charge is -2.09. The van der Waals surface area contributed by atoms with Gasteiger partial charge in [0, 0.05) is 6.54 Å². The van der Waals surface area contributed by atoms with Crippen LogP contribution in [0.1, 0.15) is 56.3 Å². The Bertz CT molecular complexity index is 874. The minimum Gasteiger partial charge on any atom is -0.465 e. The highest BCUT2D eigenvalue weighted by molar-refractivity contribution is 7.18. The van der Waals surface area contributed by atoms with Crippen LogP contribution in [-0.4, -0.2) is 41.3 Å². The molecule has 2 aromatic heterocycles. The molecule has 0 aliphatic heterocycles. The first-order valence-electron chi connectivity index (χ1n) is 8.27. The van der Waals surface area contributed by atoms with Crippen molar-refractivity contribution >= 4 is 45.8 Å². The van der Waals surface area contributed by atoms with E-state index in [2.05, 4.69) is 10.4 Å². The summed E-state index contributed by atoms with van der Waals surface area (Å²) in [5.41, 5.74) is 0.678. The number of esters is 2. The summed E-state index contributed by atoms with van der Waals surface area (Å²) < 4.78 is 11.4. The van der Waals surface area contributed by atoms with Gasteiger partial charge in [-0.3, -0.25) is 9.48 Å². The summed E-state index contributed by atoms with van der Waals surface area (Å²) in [7, 11) is 1.24. The van der Waals surface area contributed by atoms with Gasteiger partial charge in [-0.05, 0) is 25.8 Å². The Labute approximate surface area is 165 Å². The molecular weight excluding hydrogens is 394 g/mol. The van der Waals surface area contributed by atoms with Crippen LogP contribution in [0.5, 0.6) is 0 Å². The number of hydrogen-bond donors (Lipinski definition) is 1. The molecule has 0 unspecified atom stereocenters. The number of aryl methyl sites for hydroxylation is 1. The van der Waals surface area contributed by atoms with Crippen LogP contribution in [0.25, 0.3) is 0 Å². The number of carbonyl (C=O) groups excluding carboxylic acids is 3. The maximum Gasteiger partial charge on any atom is 0.348 e. The van der Waals surface area contributed by atoms with Crippen LogP contribution in [0.2, 0.25) is 5.02 Å². The van der Waals surface area contributed by atoms with Crippen LogP contribution in [0.4, 0.5) is 5.00 Å².